The summed E-state index contributed by atoms with van der Waals surface area (Å²) < 4.78 is 4.98. The van der Waals surface area contributed by atoms with Gasteiger partial charge < -0.3 is 10.1 Å². The number of aryl methyl sites for hydroxylation is 2. The highest BCUT2D eigenvalue weighted by Crippen LogP contribution is 2.08. The van der Waals surface area contributed by atoms with Crippen LogP contribution in [0.3, 0.4) is 0 Å². The fourth-order valence-electron chi connectivity index (χ4n) is 1.82. The van der Waals surface area contributed by atoms with E-state index in [0.29, 0.717) is 0 Å². The predicted molar refractivity (Wildman–Crippen MR) is 73.5 cm³/mol. The van der Waals surface area contributed by atoms with Crippen molar-refractivity contribution >= 4 is 0 Å². The summed E-state index contributed by atoms with van der Waals surface area (Å²) in [6.07, 6.45) is 4.81. The summed E-state index contributed by atoms with van der Waals surface area (Å²) in [7, 11) is 1.74. The molecule has 0 bridgehead atoms. The molecule has 2 nitrogen and oxygen atoms in total. The van der Waals surface area contributed by atoms with Gasteiger partial charge in [0.15, 0.2) is 0 Å². The van der Waals surface area contributed by atoms with Crippen molar-refractivity contribution in [1.82, 2.24) is 5.32 Å². The molecule has 0 aliphatic heterocycles. The van der Waals surface area contributed by atoms with Gasteiger partial charge in [-0.05, 0) is 43.4 Å². The first-order chi connectivity index (χ1) is 8.36. The van der Waals surface area contributed by atoms with Gasteiger partial charge in [-0.15, -0.1) is 0 Å². The highest BCUT2D eigenvalue weighted by Gasteiger charge is 1.94. The third-order valence-electron chi connectivity index (χ3n) is 2.98. The molecular weight excluding hydrogens is 210 g/mol. The van der Waals surface area contributed by atoms with E-state index in [9.17, 15) is 0 Å². The minimum absolute atomic E-state index is 0.804. The number of nitrogens with one attached hydrogen (secondary N) is 1. The Hall–Kier alpha value is -0.860. The molecule has 0 aliphatic rings. The second kappa shape index (κ2) is 9.20. The molecule has 0 amide bonds. The average molecular weight is 235 g/mol. The average Bonchev–Trinajstić information content (AvgIpc) is 2.38. The van der Waals surface area contributed by atoms with Crippen LogP contribution in [0.2, 0.25) is 0 Å². The van der Waals surface area contributed by atoms with Crippen LogP contribution in [0.15, 0.2) is 24.3 Å². The highest BCUT2D eigenvalue weighted by atomic mass is 16.5. The zero-order valence-corrected chi connectivity index (χ0v) is 11.2. The van der Waals surface area contributed by atoms with Crippen molar-refractivity contribution in [2.75, 3.05) is 26.8 Å². The van der Waals surface area contributed by atoms with Gasteiger partial charge in [0.2, 0.25) is 0 Å². The maximum Gasteiger partial charge on any atom is 0.0587 e. The molecule has 0 atom stereocenters. The molecule has 0 radical (unpaired) electrons. The van der Waals surface area contributed by atoms with Crippen LogP contribution in [0.1, 0.15) is 30.9 Å². The largest absolute Gasteiger partial charge is 0.383 e. The lowest BCUT2D eigenvalue weighted by molar-refractivity contribution is 0.199. The van der Waals surface area contributed by atoms with Gasteiger partial charge in [-0.2, -0.15) is 0 Å². The molecule has 0 aromatic heterocycles. The fourth-order valence-corrected chi connectivity index (χ4v) is 1.82. The number of benzene rings is 1. The van der Waals surface area contributed by atoms with Gasteiger partial charge in [-0.3, -0.25) is 0 Å². The molecule has 0 heterocycles. The van der Waals surface area contributed by atoms with Crippen molar-refractivity contribution < 1.29 is 4.74 Å². The third-order valence-corrected chi connectivity index (χ3v) is 2.98. The zero-order chi connectivity index (χ0) is 12.3. The van der Waals surface area contributed by atoms with Gasteiger partial charge in [-0.25, -0.2) is 0 Å². The molecule has 1 rings (SSSR count). The first kappa shape index (κ1) is 14.2. The second-order valence-corrected chi connectivity index (χ2v) is 4.37. The molecule has 96 valence electrons. The number of hydrogen-bond donors (Lipinski definition) is 1. The summed E-state index contributed by atoms with van der Waals surface area (Å²) in [4.78, 5) is 0. The minimum Gasteiger partial charge on any atom is -0.383 e. The Kier molecular flexibility index (Phi) is 7.69. The fraction of sp³-hybridized carbons (Fsp3) is 0.600. The number of ether oxygens (including phenoxy) is 1. The van der Waals surface area contributed by atoms with Gasteiger partial charge in [-0.1, -0.05) is 31.2 Å². The summed E-state index contributed by atoms with van der Waals surface area (Å²) in [5.41, 5.74) is 2.88. The maximum absolute atomic E-state index is 4.98. The number of unbranched alkanes of at least 4 members (excludes halogenated alkanes) is 1. The molecule has 0 spiro atoms. The molecule has 1 aromatic rings. The first-order valence-electron chi connectivity index (χ1n) is 6.64. The molecule has 0 aliphatic carbocycles. The second-order valence-electron chi connectivity index (χ2n) is 4.37. The van der Waals surface area contributed by atoms with Crippen molar-refractivity contribution in [2.24, 2.45) is 0 Å². The lowest BCUT2D eigenvalue weighted by Gasteiger charge is -2.05. The quantitative estimate of drug-likeness (QED) is 0.665. The SMILES string of the molecule is CCc1ccc(CCCCNCCOC)cc1. The molecule has 0 saturated carbocycles. The highest BCUT2D eigenvalue weighted by molar-refractivity contribution is 5.22. The van der Waals surface area contributed by atoms with Crippen molar-refractivity contribution in [3.05, 3.63) is 35.4 Å². The molecule has 17 heavy (non-hydrogen) atoms. The van der Waals surface area contributed by atoms with Crippen molar-refractivity contribution in [1.29, 1.82) is 0 Å². The Morgan fingerprint density at radius 1 is 1.00 bits per heavy atom. The Bertz CT molecular complexity index is 281. The maximum atomic E-state index is 4.98. The van der Waals surface area contributed by atoms with Crippen LogP contribution in [0.4, 0.5) is 0 Å². The van der Waals surface area contributed by atoms with E-state index in [4.69, 9.17) is 4.74 Å². The summed E-state index contributed by atoms with van der Waals surface area (Å²) >= 11 is 0. The van der Waals surface area contributed by atoms with Crippen molar-refractivity contribution in [2.45, 2.75) is 32.6 Å². The lowest BCUT2D eigenvalue weighted by atomic mass is 10.1. The first-order valence-corrected chi connectivity index (χ1v) is 6.64. The van der Waals surface area contributed by atoms with Crippen molar-refractivity contribution in [3.63, 3.8) is 0 Å². The summed E-state index contributed by atoms with van der Waals surface area (Å²) in [5.74, 6) is 0. The van der Waals surface area contributed by atoms with Gasteiger partial charge in [0, 0.05) is 13.7 Å². The Balaban J connectivity index is 2.05. The van der Waals surface area contributed by atoms with E-state index >= 15 is 0 Å². The van der Waals surface area contributed by atoms with Gasteiger partial charge >= 0.3 is 0 Å². The van der Waals surface area contributed by atoms with Crippen LogP contribution < -0.4 is 5.32 Å². The molecule has 0 unspecified atom stereocenters. The van der Waals surface area contributed by atoms with E-state index in [-0.39, 0.29) is 0 Å². The van der Waals surface area contributed by atoms with Crippen molar-refractivity contribution in [3.8, 4) is 0 Å². The van der Waals surface area contributed by atoms with E-state index < -0.39 is 0 Å². The van der Waals surface area contributed by atoms with Gasteiger partial charge in [0.1, 0.15) is 0 Å². The summed E-state index contributed by atoms with van der Waals surface area (Å²) in [6.45, 7) is 5.05. The third kappa shape index (κ3) is 6.44. The monoisotopic (exact) mass is 235 g/mol. The minimum atomic E-state index is 0.804. The van der Waals surface area contributed by atoms with Crippen LogP contribution in [0.25, 0.3) is 0 Å². The van der Waals surface area contributed by atoms with Crippen LogP contribution in [0.5, 0.6) is 0 Å². The van der Waals surface area contributed by atoms with Crippen LogP contribution in [-0.4, -0.2) is 26.8 Å². The van der Waals surface area contributed by atoms with E-state index in [1.807, 2.05) is 0 Å². The molecule has 2 heteroatoms. The summed E-state index contributed by atoms with van der Waals surface area (Å²) in [5, 5.41) is 3.37. The standard InChI is InChI=1S/C15H25NO/c1-3-14-7-9-15(10-8-14)6-4-5-11-16-12-13-17-2/h7-10,16H,3-6,11-13H2,1-2H3. The van der Waals surface area contributed by atoms with Gasteiger partial charge in [0.25, 0.3) is 0 Å². The molecular formula is C15H25NO. The van der Waals surface area contributed by atoms with E-state index in [1.54, 1.807) is 7.11 Å². The molecule has 1 aromatic carbocycles. The van der Waals surface area contributed by atoms with Gasteiger partial charge in [0.05, 0.1) is 6.61 Å². The smallest absolute Gasteiger partial charge is 0.0587 e. The molecule has 0 saturated heterocycles. The Morgan fingerprint density at radius 3 is 2.35 bits per heavy atom. The number of hydrogen-bond acceptors (Lipinski definition) is 2. The van der Waals surface area contributed by atoms with E-state index in [1.165, 1.54) is 30.4 Å². The number of rotatable bonds is 9. The van der Waals surface area contributed by atoms with Crippen LogP contribution in [-0.2, 0) is 17.6 Å². The van der Waals surface area contributed by atoms with E-state index in [2.05, 4.69) is 36.5 Å². The van der Waals surface area contributed by atoms with Crippen LogP contribution in [0, 0.1) is 0 Å². The topological polar surface area (TPSA) is 21.3 Å². The summed E-state index contributed by atoms with van der Waals surface area (Å²) in [6, 6.07) is 9.01. The van der Waals surface area contributed by atoms with E-state index in [0.717, 1.165) is 26.1 Å². The molecule has 1 N–H and O–H groups in total. The molecule has 0 fully saturated rings. The zero-order valence-electron chi connectivity index (χ0n) is 11.2. The predicted octanol–water partition coefficient (Wildman–Crippen LogP) is 2.81. The lowest BCUT2D eigenvalue weighted by Crippen LogP contribution is -2.20. The number of methoxy groups -OCH3 is 1. The van der Waals surface area contributed by atoms with Crippen LogP contribution >= 0.6 is 0 Å². The normalized spacial score (nSPS) is 10.7. The Labute approximate surface area is 105 Å². The Morgan fingerprint density at radius 2 is 1.71 bits per heavy atom.